The quantitative estimate of drug-likeness (QED) is 0.136. The van der Waals surface area contributed by atoms with E-state index < -0.39 is 0 Å². The van der Waals surface area contributed by atoms with Gasteiger partial charge in [-0.25, -0.2) is 0 Å². The summed E-state index contributed by atoms with van der Waals surface area (Å²) >= 11 is 3.87. The van der Waals surface area contributed by atoms with E-state index in [0.29, 0.717) is 0 Å². The zero-order chi connectivity index (χ0) is 32.3. The first-order valence-corrected chi connectivity index (χ1v) is 18.2. The van der Waals surface area contributed by atoms with E-state index in [2.05, 4.69) is 166 Å². The van der Waals surface area contributed by atoms with Crippen molar-refractivity contribution in [3.8, 4) is 33.4 Å². The lowest BCUT2D eigenvalue weighted by Gasteiger charge is -2.35. The molecule has 0 unspecified atom stereocenters. The molecule has 0 bridgehead atoms. The summed E-state index contributed by atoms with van der Waals surface area (Å²) in [5, 5.41) is 0. The molecule has 47 heavy (non-hydrogen) atoms. The van der Waals surface area contributed by atoms with Gasteiger partial charge in [0.05, 0.1) is 0 Å². The SMILES string of the molecule is C/C=C\C(=C/C)c1ccc(-c2cc(-c3ccc(-c4ccccc4)cc3)c3c4c2Sc2ccccc2B4c2ccccc2S3)cc1.CC. The molecule has 0 nitrogen and oxygen atoms in total. The van der Waals surface area contributed by atoms with Crippen LogP contribution in [0.5, 0.6) is 0 Å². The molecule has 0 aromatic heterocycles. The number of fused-ring (bicyclic) bond motifs is 4. The van der Waals surface area contributed by atoms with E-state index in [0.717, 1.165) is 0 Å². The van der Waals surface area contributed by atoms with Crippen LogP contribution in [0.25, 0.3) is 39.0 Å². The molecule has 2 heterocycles. The molecular formula is C44H37BS2. The Morgan fingerprint density at radius 1 is 0.532 bits per heavy atom. The molecule has 0 saturated carbocycles. The number of allylic oxidation sites excluding steroid dienone is 4. The van der Waals surface area contributed by atoms with E-state index >= 15 is 0 Å². The van der Waals surface area contributed by atoms with Crippen molar-refractivity contribution in [2.75, 3.05) is 0 Å². The fourth-order valence-electron chi connectivity index (χ4n) is 6.76. The first kappa shape index (κ1) is 31.2. The Morgan fingerprint density at radius 2 is 1.00 bits per heavy atom. The van der Waals surface area contributed by atoms with E-state index in [9.17, 15) is 0 Å². The highest BCUT2D eigenvalue weighted by Crippen LogP contribution is 2.47. The predicted molar refractivity (Wildman–Crippen MR) is 208 cm³/mol. The Balaban J connectivity index is 0.00000172. The lowest BCUT2D eigenvalue weighted by molar-refractivity contribution is 1.33. The van der Waals surface area contributed by atoms with Gasteiger partial charge in [-0.3, -0.25) is 0 Å². The van der Waals surface area contributed by atoms with Gasteiger partial charge in [-0.2, -0.15) is 0 Å². The van der Waals surface area contributed by atoms with E-state index in [1.165, 1.54) is 80.5 Å². The van der Waals surface area contributed by atoms with Crippen LogP contribution >= 0.6 is 23.5 Å². The average molecular weight is 641 g/mol. The van der Waals surface area contributed by atoms with Gasteiger partial charge in [0.15, 0.2) is 0 Å². The minimum absolute atomic E-state index is 0.204. The number of hydrogen-bond donors (Lipinski definition) is 0. The van der Waals surface area contributed by atoms with Gasteiger partial charge in [-0.05, 0) is 82.0 Å². The molecule has 0 saturated heterocycles. The van der Waals surface area contributed by atoms with Crippen LogP contribution in [0.15, 0.2) is 171 Å². The Labute approximate surface area is 288 Å². The monoisotopic (exact) mass is 640 g/mol. The highest BCUT2D eigenvalue weighted by molar-refractivity contribution is 8.01. The second-order valence-electron chi connectivity index (χ2n) is 11.5. The van der Waals surface area contributed by atoms with Crippen LogP contribution in [0.4, 0.5) is 0 Å². The second kappa shape index (κ2) is 13.7. The van der Waals surface area contributed by atoms with Gasteiger partial charge < -0.3 is 0 Å². The fourth-order valence-corrected chi connectivity index (χ4v) is 9.39. The lowest BCUT2D eigenvalue weighted by Crippen LogP contribution is -2.58. The zero-order valence-electron chi connectivity index (χ0n) is 27.3. The van der Waals surface area contributed by atoms with Crippen LogP contribution in [0, 0.1) is 0 Å². The number of hydrogen-bond acceptors (Lipinski definition) is 2. The highest BCUT2D eigenvalue weighted by Gasteiger charge is 2.40. The molecule has 6 aromatic carbocycles. The largest absolute Gasteiger partial charge is 0.247 e. The van der Waals surface area contributed by atoms with Crippen LogP contribution in [-0.2, 0) is 0 Å². The van der Waals surface area contributed by atoms with E-state index in [1.54, 1.807) is 0 Å². The number of benzene rings is 6. The summed E-state index contributed by atoms with van der Waals surface area (Å²) in [6.45, 7) is 8.39. The van der Waals surface area contributed by atoms with Gasteiger partial charge in [-0.15, -0.1) is 0 Å². The van der Waals surface area contributed by atoms with E-state index in [4.69, 9.17) is 0 Å². The molecule has 0 aliphatic carbocycles. The summed E-state index contributed by atoms with van der Waals surface area (Å²) in [5.41, 5.74) is 14.4. The molecule has 3 heteroatoms. The van der Waals surface area contributed by atoms with Crippen LogP contribution in [0.1, 0.15) is 33.3 Å². The molecule has 0 radical (unpaired) electrons. The first-order valence-electron chi connectivity index (χ1n) is 16.5. The molecule has 0 spiro atoms. The molecule has 0 N–H and O–H groups in total. The third kappa shape index (κ3) is 5.73. The lowest BCUT2D eigenvalue weighted by atomic mass is 9.36. The Morgan fingerprint density at radius 3 is 1.53 bits per heavy atom. The summed E-state index contributed by atoms with van der Waals surface area (Å²) in [6, 6.07) is 49.5. The third-order valence-corrected chi connectivity index (χ3v) is 11.4. The second-order valence-corrected chi connectivity index (χ2v) is 13.6. The van der Waals surface area contributed by atoms with Crippen LogP contribution < -0.4 is 16.4 Å². The van der Waals surface area contributed by atoms with Crippen LogP contribution in [0.2, 0.25) is 0 Å². The van der Waals surface area contributed by atoms with Crippen molar-refractivity contribution in [3.63, 3.8) is 0 Å². The van der Waals surface area contributed by atoms with Crippen molar-refractivity contribution in [2.45, 2.75) is 47.3 Å². The minimum Gasteiger partial charge on any atom is -0.0905 e. The van der Waals surface area contributed by atoms with E-state index in [-0.39, 0.29) is 6.71 Å². The summed E-state index contributed by atoms with van der Waals surface area (Å²) in [6.07, 6.45) is 6.47. The van der Waals surface area contributed by atoms with Gasteiger partial charge >= 0.3 is 0 Å². The molecular weight excluding hydrogens is 603 g/mol. The molecule has 0 amide bonds. The predicted octanol–water partition coefficient (Wildman–Crippen LogP) is 11.1. The minimum atomic E-state index is 0.204. The summed E-state index contributed by atoms with van der Waals surface area (Å²) in [4.78, 5) is 5.47. The first-order chi connectivity index (χ1) is 23.2. The maximum Gasteiger partial charge on any atom is 0.247 e. The molecule has 2 aliphatic heterocycles. The molecule has 2 aliphatic rings. The standard InChI is InChI=1S/C42H31BS2.C2H6/c1-3-12-28(4-2)30-19-23-32(24-20-30)34-27-35(33-25-21-31(22-26-33)29-13-6-5-7-14-29)42-40-41(34)44-38-17-10-8-15-36(38)43(40)37-16-9-11-18-39(37)45-42;1-2/h3-27H,1-2H3;1-2H3/b12-3-,28-4+;. The van der Waals surface area contributed by atoms with Crippen molar-refractivity contribution in [1.82, 2.24) is 0 Å². The van der Waals surface area contributed by atoms with Crippen LogP contribution in [-0.4, -0.2) is 6.71 Å². The van der Waals surface area contributed by atoms with Crippen molar-refractivity contribution in [1.29, 1.82) is 0 Å². The van der Waals surface area contributed by atoms with Gasteiger partial charge in [0.2, 0.25) is 6.71 Å². The average Bonchev–Trinajstić information content (AvgIpc) is 3.15. The summed E-state index contributed by atoms with van der Waals surface area (Å²) in [7, 11) is 0. The zero-order valence-corrected chi connectivity index (χ0v) is 29.0. The topological polar surface area (TPSA) is 0 Å². The fraction of sp³-hybridized carbons (Fsp3) is 0.0909. The van der Waals surface area contributed by atoms with E-state index in [1.807, 2.05) is 37.4 Å². The van der Waals surface area contributed by atoms with Crippen molar-refractivity contribution < 1.29 is 0 Å². The maximum absolute atomic E-state index is 2.46. The summed E-state index contributed by atoms with van der Waals surface area (Å²) in [5.74, 6) is 0. The highest BCUT2D eigenvalue weighted by atomic mass is 32.2. The van der Waals surface area contributed by atoms with Gasteiger partial charge in [0.25, 0.3) is 0 Å². The third-order valence-electron chi connectivity index (χ3n) is 8.93. The Hall–Kier alpha value is -4.44. The Kier molecular flexibility index (Phi) is 9.11. The van der Waals surface area contributed by atoms with Crippen molar-refractivity contribution in [3.05, 3.63) is 157 Å². The molecule has 0 fully saturated rings. The summed E-state index contributed by atoms with van der Waals surface area (Å²) < 4.78 is 0. The molecule has 6 aromatic rings. The Bertz CT molecular complexity index is 2100. The molecule has 228 valence electrons. The number of rotatable bonds is 5. The van der Waals surface area contributed by atoms with Crippen molar-refractivity contribution in [2.24, 2.45) is 0 Å². The smallest absolute Gasteiger partial charge is 0.0905 e. The van der Waals surface area contributed by atoms with Crippen LogP contribution in [0.3, 0.4) is 0 Å². The van der Waals surface area contributed by atoms with Gasteiger partial charge in [0, 0.05) is 19.6 Å². The molecule has 0 atom stereocenters. The van der Waals surface area contributed by atoms with Crippen molar-refractivity contribution >= 4 is 52.2 Å². The molecule has 8 rings (SSSR count). The van der Waals surface area contributed by atoms with Gasteiger partial charge in [0.1, 0.15) is 0 Å². The van der Waals surface area contributed by atoms with Gasteiger partial charge in [-0.1, -0.05) is 182 Å². The maximum atomic E-state index is 2.46. The normalized spacial score (nSPS) is 12.9.